The number of nitrogens with zero attached hydrogens (tertiary/aromatic N) is 2. The highest BCUT2D eigenvalue weighted by molar-refractivity contribution is 6.07. The fourth-order valence-electron chi connectivity index (χ4n) is 9.30. The maximum absolute atomic E-state index is 15.9. The minimum absolute atomic E-state index is 0.00378. The Morgan fingerprint density at radius 3 is 1.40 bits per heavy atom. The molecule has 0 amide bonds. The van der Waals surface area contributed by atoms with Gasteiger partial charge in [-0.15, -0.1) is 0 Å². The minimum atomic E-state index is -0.830. The van der Waals surface area contributed by atoms with Crippen molar-refractivity contribution in [1.29, 1.82) is 0 Å². The molecule has 0 radical (unpaired) electrons. The minimum Gasteiger partial charge on any atom is -0.333 e. The van der Waals surface area contributed by atoms with Crippen molar-refractivity contribution in [2.45, 2.75) is 12.0 Å². The second kappa shape index (κ2) is 17.3. The molecule has 2 unspecified atom stereocenters. The lowest BCUT2D eigenvalue weighted by atomic mass is 9.75. The summed E-state index contributed by atoms with van der Waals surface area (Å²) in [4.78, 5) is 3.41. The third kappa shape index (κ3) is 7.56. The van der Waals surface area contributed by atoms with E-state index in [-0.39, 0.29) is 67.3 Å². The molecule has 10 aromatic rings. The van der Waals surface area contributed by atoms with E-state index in [1.165, 1.54) is 72.8 Å². The third-order valence-corrected chi connectivity index (χ3v) is 12.1. The van der Waals surface area contributed by atoms with Gasteiger partial charge >= 0.3 is 0 Å². The van der Waals surface area contributed by atoms with E-state index >= 15 is 8.78 Å². The standard InChI is InChI=1S/C64H44F2N2/c65-53-23-13-25-55(41-53)67(57-37-49(43-15-5-1-6-16-43)35-50(38-57)44-17-7-2-8-18-44)61-33-29-47-28-32-60-62(34-30-48-27-31-59(61)63(47)64(48)60)68(56-26-14-24-54(66)42-56)58-39-51(45-19-9-3-10-20-45)36-52(40-58)46-21-11-4-12-22-46/h1-42,59,61H/i1D,2D,3D,4D,5D,6D,7D,8D,9D,10D,11D,12D,15D,16D,17D,18D,19D,20D,21D,22D. The van der Waals surface area contributed by atoms with E-state index in [1.54, 1.807) is 28.0 Å². The molecular weight excluding hydrogens is 835 g/mol. The largest absolute Gasteiger partial charge is 0.333 e. The second-order valence-electron chi connectivity index (χ2n) is 16.1. The van der Waals surface area contributed by atoms with Crippen LogP contribution in [0.3, 0.4) is 0 Å². The molecule has 324 valence electrons. The normalized spacial score (nSPS) is 18.6. The molecule has 68 heavy (non-hydrogen) atoms. The van der Waals surface area contributed by atoms with Gasteiger partial charge in [0.2, 0.25) is 0 Å². The molecule has 0 heterocycles. The molecule has 0 saturated carbocycles. The zero-order valence-corrected chi connectivity index (χ0v) is 35.5. The van der Waals surface area contributed by atoms with Gasteiger partial charge in [0.05, 0.1) is 39.1 Å². The monoisotopic (exact) mass is 898 g/mol. The van der Waals surface area contributed by atoms with Crippen molar-refractivity contribution in [3.63, 3.8) is 0 Å². The summed E-state index contributed by atoms with van der Waals surface area (Å²) in [7, 11) is 0. The Bertz CT molecular complexity index is 4490. The van der Waals surface area contributed by atoms with E-state index in [9.17, 15) is 0 Å². The topological polar surface area (TPSA) is 6.48 Å². The fourth-order valence-corrected chi connectivity index (χ4v) is 9.30. The molecule has 2 aliphatic rings. The summed E-state index contributed by atoms with van der Waals surface area (Å²) in [6.07, 6.45) is 7.60. The predicted octanol–water partition coefficient (Wildman–Crippen LogP) is 17.6. The number of hydrogen-bond donors (Lipinski definition) is 0. The maximum Gasteiger partial charge on any atom is 0.125 e. The molecule has 0 spiro atoms. The van der Waals surface area contributed by atoms with Gasteiger partial charge in [-0.05, 0) is 145 Å². The van der Waals surface area contributed by atoms with E-state index in [2.05, 4.69) is 0 Å². The Morgan fingerprint density at radius 2 is 0.868 bits per heavy atom. The van der Waals surface area contributed by atoms with Gasteiger partial charge in [0.15, 0.2) is 0 Å². The Balaban J connectivity index is 1.11. The van der Waals surface area contributed by atoms with Gasteiger partial charge in [-0.25, -0.2) is 8.78 Å². The molecular formula is C64H44F2N2. The summed E-state index contributed by atoms with van der Waals surface area (Å²) < 4.78 is 207. The lowest BCUT2D eigenvalue weighted by Crippen LogP contribution is -2.36. The van der Waals surface area contributed by atoms with E-state index < -0.39 is 144 Å². The van der Waals surface area contributed by atoms with Gasteiger partial charge in [-0.1, -0.05) is 175 Å². The number of hydrogen-bond acceptors (Lipinski definition) is 2. The quantitative estimate of drug-likeness (QED) is 0.135. The van der Waals surface area contributed by atoms with Crippen LogP contribution in [0.15, 0.2) is 242 Å². The summed E-state index contributed by atoms with van der Waals surface area (Å²) in [6.45, 7) is 0. The molecule has 2 nitrogen and oxygen atoms in total. The van der Waals surface area contributed by atoms with Gasteiger partial charge < -0.3 is 9.80 Å². The SMILES string of the molecule is [2H]c1c([2H])c([2H])c(-c2cc(-c3c([2H])c([2H])c([2H])c([2H])c3[2H])cc(N(c3cccc(F)c3)c3ccc4c5c6c(ccc35)C=CC(N(c3cccc(F)c3)c3cc(-c5c([2H])c([2H])c([2H])c([2H])c5[2H])cc(-c5c([2H])c([2H])c([2H])c([2H])c5[2H])c3)C6C=C4)c2)c([2H])c1[2H]. The first-order valence-electron chi connectivity index (χ1n) is 31.5. The first kappa shape index (κ1) is 24.8. The summed E-state index contributed by atoms with van der Waals surface area (Å²) >= 11 is 0. The maximum atomic E-state index is 15.9. The zero-order valence-electron chi connectivity index (χ0n) is 55.5. The van der Waals surface area contributed by atoms with Gasteiger partial charge in [0.1, 0.15) is 11.6 Å². The van der Waals surface area contributed by atoms with Crippen LogP contribution in [0.4, 0.5) is 37.2 Å². The van der Waals surface area contributed by atoms with E-state index in [0.29, 0.717) is 16.5 Å². The fraction of sp³-hybridized carbons (Fsp3) is 0.0312. The number of benzene rings is 10. The zero-order chi connectivity index (χ0) is 63.0. The average molecular weight is 899 g/mol. The smallest absolute Gasteiger partial charge is 0.125 e. The molecule has 0 bridgehead atoms. The van der Waals surface area contributed by atoms with Gasteiger partial charge in [0.25, 0.3) is 0 Å². The highest BCUT2D eigenvalue weighted by Crippen LogP contribution is 2.50. The number of halogens is 2. The summed E-state index contributed by atoms with van der Waals surface area (Å²) in [5.74, 6) is -1.96. The average Bonchev–Trinajstić information content (AvgIpc) is 2.41. The third-order valence-electron chi connectivity index (χ3n) is 12.1. The van der Waals surface area contributed by atoms with Gasteiger partial charge in [-0.3, -0.25) is 0 Å². The highest BCUT2D eigenvalue weighted by atomic mass is 19.1. The van der Waals surface area contributed by atoms with Gasteiger partial charge in [0, 0.05) is 34.1 Å². The first-order chi connectivity index (χ1) is 41.8. The number of rotatable bonds is 10. The molecule has 4 heteroatoms. The number of anilines is 5. The van der Waals surface area contributed by atoms with Crippen LogP contribution in [0.5, 0.6) is 0 Å². The van der Waals surface area contributed by atoms with Crippen LogP contribution in [0.1, 0.15) is 50.0 Å². The molecule has 2 atom stereocenters. The first-order valence-corrected chi connectivity index (χ1v) is 21.5. The van der Waals surface area contributed by atoms with Crippen LogP contribution in [-0.2, 0) is 0 Å². The van der Waals surface area contributed by atoms with Crippen molar-refractivity contribution in [2.24, 2.45) is 0 Å². The molecule has 12 rings (SSSR count). The Hall–Kier alpha value is -8.60. The van der Waals surface area contributed by atoms with E-state index in [0.717, 1.165) is 16.7 Å². The molecule has 2 aliphatic carbocycles. The van der Waals surface area contributed by atoms with Crippen LogP contribution in [0.25, 0.3) is 67.4 Å². The van der Waals surface area contributed by atoms with Gasteiger partial charge in [-0.2, -0.15) is 0 Å². The highest BCUT2D eigenvalue weighted by Gasteiger charge is 2.35. The summed E-state index contributed by atoms with van der Waals surface area (Å²) in [5, 5.41) is 1.24. The Kier molecular flexibility index (Phi) is 6.31. The molecule has 0 aromatic heterocycles. The van der Waals surface area contributed by atoms with Crippen LogP contribution >= 0.6 is 0 Å². The van der Waals surface area contributed by atoms with E-state index in [1.807, 2.05) is 42.5 Å². The van der Waals surface area contributed by atoms with Crippen LogP contribution < -0.4 is 9.80 Å². The van der Waals surface area contributed by atoms with Crippen molar-refractivity contribution in [1.82, 2.24) is 0 Å². The predicted molar refractivity (Wildman–Crippen MR) is 280 cm³/mol. The van der Waals surface area contributed by atoms with E-state index in [4.69, 9.17) is 27.4 Å². The summed E-state index contributed by atoms with van der Waals surface area (Å²) in [6, 6.07) is 14.0. The van der Waals surface area contributed by atoms with Crippen LogP contribution in [-0.4, -0.2) is 6.04 Å². The van der Waals surface area contributed by atoms with Crippen molar-refractivity contribution in [3.05, 3.63) is 271 Å². The lowest BCUT2D eigenvalue weighted by Gasteiger charge is -2.41. The second-order valence-corrected chi connectivity index (χ2v) is 16.1. The molecule has 10 aromatic carbocycles. The molecule has 0 aliphatic heterocycles. The van der Waals surface area contributed by atoms with Crippen LogP contribution in [0, 0.1) is 11.6 Å². The van der Waals surface area contributed by atoms with Crippen molar-refractivity contribution >= 4 is 51.4 Å². The van der Waals surface area contributed by atoms with Crippen molar-refractivity contribution in [2.75, 3.05) is 9.80 Å². The molecule has 0 fully saturated rings. The summed E-state index contributed by atoms with van der Waals surface area (Å²) in [5.41, 5.74) is 2.39. The lowest BCUT2D eigenvalue weighted by molar-refractivity contribution is 0.625. The van der Waals surface area contributed by atoms with Crippen molar-refractivity contribution < 1.29 is 36.2 Å². The van der Waals surface area contributed by atoms with Crippen molar-refractivity contribution in [3.8, 4) is 44.5 Å². The molecule has 0 saturated heterocycles. The molecule has 0 N–H and O–H groups in total. The Labute approximate surface area is 423 Å². The van der Waals surface area contributed by atoms with Crippen LogP contribution in [0.2, 0.25) is 0 Å². The Morgan fingerprint density at radius 1 is 0.397 bits per heavy atom.